The monoisotopic (exact) mass is 268 g/mol. The predicted octanol–water partition coefficient (Wildman–Crippen LogP) is 5.22. The van der Waals surface area contributed by atoms with Crippen LogP contribution < -0.4 is 0 Å². The fourth-order valence-corrected chi connectivity index (χ4v) is 2.86. The van der Waals surface area contributed by atoms with E-state index in [-0.39, 0.29) is 0 Å². The summed E-state index contributed by atoms with van der Waals surface area (Å²) in [6, 6.07) is 10.1. The van der Waals surface area contributed by atoms with E-state index in [0.717, 1.165) is 17.5 Å². The number of hydrogen-bond acceptors (Lipinski definition) is 0. The molecule has 1 aliphatic carbocycles. The van der Waals surface area contributed by atoms with Crippen LogP contribution >= 0.6 is 34.8 Å². The van der Waals surface area contributed by atoms with E-state index in [4.69, 9.17) is 34.8 Å². The Hall–Kier alpha value is -0.690. The van der Waals surface area contributed by atoms with Crippen LogP contribution in [0, 0.1) is 0 Å². The molecule has 0 N–H and O–H groups in total. The first kappa shape index (κ1) is 10.5. The van der Waals surface area contributed by atoms with E-state index in [1.165, 1.54) is 11.1 Å². The minimum atomic E-state index is 0.454. The first-order valence-electron chi connectivity index (χ1n) is 4.93. The molecule has 0 unspecified atom stereocenters. The number of hydrogen-bond donors (Lipinski definition) is 0. The van der Waals surface area contributed by atoms with Crippen LogP contribution in [0.15, 0.2) is 30.3 Å². The minimum Gasteiger partial charge on any atom is -0.0826 e. The average molecular weight is 270 g/mol. The van der Waals surface area contributed by atoms with Gasteiger partial charge in [-0.1, -0.05) is 59.1 Å². The van der Waals surface area contributed by atoms with Crippen molar-refractivity contribution < 1.29 is 0 Å². The SMILES string of the molecule is Clc1cc2c(c(Cl)c1Cl)Cc1ccccc1-2. The Balaban J connectivity index is 2.34. The van der Waals surface area contributed by atoms with Crippen LogP contribution in [-0.4, -0.2) is 0 Å². The van der Waals surface area contributed by atoms with Crippen LogP contribution in [0.2, 0.25) is 15.1 Å². The second kappa shape index (κ2) is 3.66. The Bertz CT molecular complexity index is 588. The third-order valence-electron chi connectivity index (χ3n) is 2.94. The highest BCUT2D eigenvalue weighted by Gasteiger charge is 2.23. The predicted molar refractivity (Wildman–Crippen MR) is 69.7 cm³/mol. The summed E-state index contributed by atoms with van der Waals surface area (Å²) < 4.78 is 0. The topological polar surface area (TPSA) is 0 Å². The highest BCUT2D eigenvalue weighted by atomic mass is 35.5. The fraction of sp³-hybridized carbons (Fsp3) is 0.0769. The van der Waals surface area contributed by atoms with Crippen molar-refractivity contribution in [2.75, 3.05) is 0 Å². The minimum absolute atomic E-state index is 0.454. The summed E-state index contributed by atoms with van der Waals surface area (Å²) in [5.41, 5.74) is 4.67. The summed E-state index contributed by atoms with van der Waals surface area (Å²) in [6.45, 7) is 0. The third-order valence-corrected chi connectivity index (χ3v) is 4.24. The summed E-state index contributed by atoms with van der Waals surface area (Å²) in [7, 11) is 0. The molecule has 3 rings (SSSR count). The third kappa shape index (κ3) is 1.37. The van der Waals surface area contributed by atoms with Crippen molar-refractivity contribution in [3.05, 3.63) is 56.5 Å². The summed E-state index contributed by atoms with van der Waals surface area (Å²) in [5.74, 6) is 0. The Morgan fingerprint density at radius 3 is 2.44 bits per heavy atom. The van der Waals surface area contributed by atoms with Crippen molar-refractivity contribution in [3.63, 3.8) is 0 Å². The molecule has 0 atom stereocenters. The molecule has 0 saturated heterocycles. The van der Waals surface area contributed by atoms with Crippen molar-refractivity contribution in [2.45, 2.75) is 6.42 Å². The van der Waals surface area contributed by atoms with Crippen LogP contribution in [0.25, 0.3) is 11.1 Å². The van der Waals surface area contributed by atoms with Gasteiger partial charge < -0.3 is 0 Å². The molecule has 80 valence electrons. The molecule has 0 heterocycles. The Labute approximate surface area is 109 Å². The lowest BCUT2D eigenvalue weighted by Crippen LogP contribution is -1.84. The van der Waals surface area contributed by atoms with Crippen molar-refractivity contribution >= 4 is 34.8 Å². The molecule has 16 heavy (non-hydrogen) atoms. The smallest absolute Gasteiger partial charge is 0.0781 e. The van der Waals surface area contributed by atoms with Crippen molar-refractivity contribution in [1.29, 1.82) is 0 Å². The molecule has 0 radical (unpaired) electrons. The lowest BCUT2D eigenvalue weighted by molar-refractivity contribution is 1.26. The molecule has 0 aromatic heterocycles. The maximum atomic E-state index is 6.22. The first-order chi connectivity index (χ1) is 7.68. The van der Waals surface area contributed by atoms with E-state index in [0.29, 0.717) is 15.1 Å². The maximum Gasteiger partial charge on any atom is 0.0781 e. The number of fused-ring (bicyclic) bond motifs is 3. The number of halogens is 3. The van der Waals surface area contributed by atoms with Gasteiger partial charge in [-0.2, -0.15) is 0 Å². The van der Waals surface area contributed by atoms with E-state index >= 15 is 0 Å². The van der Waals surface area contributed by atoms with Crippen LogP contribution in [0.3, 0.4) is 0 Å². The van der Waals surface area contributed by atoms with Gasteiger partial charge in [-0.3, -0.25) is 0 Å². The molecule has 1 aliphatic rings. The average Bonchev–Trinajstić information content (AvgIpc) is 2.65. The Morgan fingerprint density at radius 2 is 1.62 bits per heavy atom. The molecule has 0 aliphatic heterocycles. The Morgan fingerprint density at radius 1 is 0.875 bits per heavy atom. The summed E-state index contributed by atoms with van der Waals surface area (Å²) >= 11 is 18.3. The van der Waals surface area contributed by atoms with Gasteiger partial charge in [0.25, 0.3) is 0 Å². The molecule has 0 bridgehead atoms. The molecule has 0 spiro atoms. The number of benzene rings is 2. The standard InChI is InChI=1S/C13H7Cl3/c14-11-6-9-8-4-2-1-3-7(8)5-10(9)12(15)13(11)16/h1-4,6H,5H2. The normalized spacial score (nSPS) is 12.4. The summed E-state index contributed by atoms with van der Waals surface area (Å²) in [5, 5.41) is 1.55. The van der Waals surface area contributed by atoms with E-state index in [1.54, 1.807) is 0 Å². The number of rotatable bonds is 0. The first-order valence-corrected chi connectivity index (χ1v) is 6.06. The molecular weight excluding hydrogens is 263 g/mol. The van der Waals surface area contributed by atoms with Gasteiger partial charge in [0.1, 0.15) is 0 Å². The molecule has 3 heteroatoms. The Kier molecular flexibility index (Phi) is 2.39. The second-order valence-corrected chi connectivity index (χ2v) is 5.01. The van der Waals surface area contributed by atoms with E-state index in [1.807, 2.05) is 18.2 Å². The van der Waals surface area contributed by atoms with Gasteiger partial charge in [0.15, 0.2) is 0 Å². The largest absolute Gasteiger partial charge is 0.0826 e. The molecule has 0 amide bonds. The van der Waals surface area contributed by atoms with Gasteiger partial charge in [0, 0.05) is 6.42 Å². The van der Waals surface area contributed by atoms with Gasteiger partial charge in [-0.05, 0) is 28.3 Å². The summed E-state index contributed by atoms with van der Waals surface area (Å²) in [6.07, 6.45) is 0.835. The fourth-order valence-electron chi connectivity index (χ4n) is 2.17. The van der Waals surface area contributed by atoms with Gasteiger partial charge in [0.2, 0.25) is 0 Å². The van der Waals surface area contributed by atoms with Gasteiger partial charge in [0.05, 0.1) is 15.1 Å². The van der Waals surface area contributed by atoms with Crippen molar-refractivity contribution in [3.8, 4) is 11.1 Å². The highest BCUT2D eigenvalue weighted by Crippen LogP contribution is 2.45. The zero-order chi connectivity index (χ0) is 11.3. The van der Waals surface area contributed by atoms with Gasteiger partial charge >= 0.3 is 0 Å². The highest BCUT2D eigenvalue weighted by molar-refractivity contribution is 6.48. The summed E-state index contributed by atoms with van der Waals surface area (Å²) in [4.78, 5) is 0. The van der Waals surface area contributed by atoms with E-state index in [9.17, 15) is 0 Å². The van der Waals surface area contributed by atoms with Crippen LogP contribution in [0.1, 0.15) is 11.1 Å². The van der Waals surface area contributed by atoms with Crippen molar-refractivity contribution in [1.82, 2.24) is 0 Å². The van der Waals surface area contributed by atoms with Crippen LogP contribution in [0.5, 0.6) is 0 Å². The quantitative estimate of drug-likeness (QED) is 0.491. The van der Waals surface area contributed by atoms with Gasteiger partial charge in [-0.25, -0.2) is 0 Å². The van der Waals surface area contributed by atoms with Crippen LogP contribution in [-0.2, 0) is 6.42 Å². The molecular formula is C13H7Cl3. The second-order valence-electron chi connectivity index (χ2n) is 3.85. The molecule has 0 nitrogen and oxygen atoms in total. The molecule has 2 aromatic rings. The lowest BCUT2D eigenvalue weighted by atomic mass is 10.1. The van der Waals surface area contributed by atoms with E-state index < -0.39 is 0 Å². The van der Waals surface area contributed by atoms with E-state index in [2.05, 4.69) is 12.1 Å². The molecule has 0 fully saturated rings. The molecule has 2 aromatic carbocycles. The van der Waals surface area contributed by atoms with Crippen molar-refractivity contribution in [2.24, 2.45) is 0 Å². The zero-order valence-corrected chi connectivity index (χ0v) is 10.5. The molecule has 0 saturated carbocycles. The van der Waals surface area contributed by atoms with Crippen LogP contribution in [0.4, 0.5) is 0 Å². The maximum absolute atomic E-state index is 6.22. The van der Waals surface area contributed by atoms with Gasteiger partial charge in [-0.15, -0.1) is 0 Å². The lowest BCUT2D eigenvalue weighted by Gasteiger charge is -2.06. The zero-order valence-electron chi connectivity index (χ0n) is 8.23.